The SMILES string of the molecule is Bc1c(B)c(B)c(-c2c(B)c(B)c(B)c(-c3cc(-n4c5ccccc5c5cc(-n6c7ccccc7c7c(B)c(B)c(B)c(B)c76)ccc54)c4c(c3)sc3ccccc34)c2B)c(B)c1B. The molecule has 0 saturated carbocycles. The van der Waals surface area contributed by atoms with Gasteiger partial charge in [-0.3, -0.25) is 0 Å². The van der Waals surface area contributed by atoms with E-state index in [2.05, 4.69) is 214 Å². The molecule has 0 aliphatic rings. The van der Waals surface area contributed by atoms with E-state index in [0.717, 1.165) is 0 Å². The summed E-state index contributed by atoms with van der Waals surface area (Å²) in [5.74, 6) is 0. The van der Waals surface area contributed by atoms with Gasteiger partial charge < -0.3 is 9.13 Å². The topological polar surface area (TPSA) is 9.86 Å². The smallest absolute Gasteiger partial charge is 0.141 e. The molecule has 3 aromatic heterocycles. The van der Waals surface area contributed by atoms with Gasteiger partial charge in [-0.2, -0.15) is 0 Å². The Morgan fingerprint density at radius 1 is 0.328 bits per heavy atom. The standard InChI is InChI=1S/C48H43B13N2S/c49-35-30(36(50)41(55)38(52)33(35)34-39(53)43(57)45(59)44(58)40(34)54)18-15-27(31-22-9-3-6-12-28(22)64-29(31)16-18)63-24-10-4-1-7-20(24)23-17-19(13-14-26(23)63)62-25-11-5-2-8-21(25)32-37(51)42(56)46(60)47(61)48(32)62/h1-17H,49-61H2. The van der Waals surface area contributed by atoms with Crippen LogP contribution in [0.1, 0.15) is 0 Å². The van der Waals surface area contributed by atoms with Crippen LogP contribution in [0.15, 0.2) is 103 Å². The predicted octanol–water partition coefficient (Wildman–Crippen LogP) is -9.06. The molecular weight excluding hydrogens is 777 g/mol. The van der Waals surface area contributed by atoms with Crippen LogP contribution in [0.3, 0.4) is 0 Å². The molecule has 0 aliphatic heterocycles. The number of rotatable bonds is 4. The van der Waals surface area contributed by atoms with Crippen molar-refractivity contribution < 1.29 is 0 Å². The van der Waals surface area contributed by atoms with E-state index in [4.69, 9.17) is 0 Å². The molecule has 3 heterocycles. The molecule has 0 amide bonds. The average Bonchev–Trinajstić information content (AvgIpc) is 3.97. The molecule has 0 fully saturated rings. The number of aromatic nitrogens is 2. The first-order chi connectivity index (χ1) is 30.7. The molecule has 11 aromatic rings. The summed E-state index contributed by atoms with van der Waals surface area (Å²) >= 11 is 1.91. The molecule has 0 saturated heterocycles. The number of para-hydroxylation sites is 2. The third kappa shape index (κ3) is 5.57. The maximum Gasteiger partial charge on any atom is 0.141 e. The molecule has 0 unspecified atom stereocenters. The lowest BCUT2D eigenvalue weighted by Gasteiger charge is -2.28. The van der Waals surface area contributed by atoms with Crippen molar-refractivity contribution >= 4 is 248 Å². The maximum absolute atomic E-state index is 2.57. The summed E-state index contributed by atoms with van der Waals surface area (Å²) in [5.41, 5.74) is 30.7. The third-order valence-electron chi connectivity index (χ3n) is 16.1. The molecule has 0 aliphatic carbocycles. The highest BCUT2D eigenvalue weighted by Crippen LogP contribution is 2.43. The van der Waals surface area contributed by atoms with E-state index >= 15 is 0 Å². The maximum atomic E-state index is 2.57. The van der Waals surface area contributed by atoms with Crippen molar-refractivity contribution in [2.45, 2.75) is 0 Å². The minimum Gasteiger partial charge on any atom is -0.310 e. The number of fused-ring (bicyclic) bond motifs is 9. The van der Waals surface area contributed by atoms with Crippen LogP contribution in [-0.2, 0) is 0 Å². The van der Waals surface area contributed by atoms with Gasteiger partial charge in [0.15, 0.2) is 0 Å². The highest BCUT2D eigenvalue weighted by Gasteiger charge is 2.25. The van der Waals surface area contributed by atoms with Gasteiger partial charge in [-0.15, -0.1) is 38.7 Å². The summed E-state index contributed by atoms with van der Waals surface area (Å²) in [6, 6.07) is 39.2. The molecule has 11 rings (SSSR count). The van der Waals surface area contributed by atoms with Crippen molar-refractivity contribution in [3.63, 3.8) is 0 Å². The first-order valence-electron chi connectivity index (χ1n) is 22.9. The monoisotopic (exact) mass is 822 g/mol. The molecule has 0 spiro atoms. The van der Waals surface area contributed by atoms with Crippen molar-refractivity contribution in [3.8, 4) is 33.6 Å². The minimum absolute atomic E-state index is 1.19. The Morgan fingerprint density at radius 3 is 1.52 bits per heavy atom. The summed E-state index contributed by atoms with van der Waals surface area (Å²) < 4.78 is 7.72. The van der Waals surface area contributed by atoms with Crippen molar-refractivity contribution in [2.75, 3.05) is 0 Å². The molecule has 0 radical (unpaired) electrons. The highest BCUT2D eigenvalue weighted by atomic mass is 32.1. The lowest BCUT2D eigenvalue weighted by atomic mass is 9.56. The Kier molecular flexibility index (Phi) is 9.47. The summed E-state index contributed by atoms with van der Waals surface area (Å²) in [6.45, 7) is 0. The Hall–Kier alpha value is -5.58. The Labute approximate surface area is 391 Å². The fourth-order valence-corrected chi connectivity index (χ4v) is 12.9. The zero-order valence-electron chi connectivity index (χ0n) is 39.6. The zero-order valence-corrected chi connectivity index (χ0v) is 40.4. The van der Waals surface area contributed by atoms with Gasteiger partial charge in [0.2, 0.25) is 0 Å². The Balaban J connectivity index is 1.23. The Morgan fingerprint density at radius 2 is 0.828 bits per heavy atom. The second-order valence-electron chi connectivity index (χ2n) is 18.8. The van der Waals surface area contributed by atoms with Crippen LogP contribution in [0.5, 0.6) is 0 Å². The first kappa shape index (κ1) is 41.1. The number of nitrogens with zero attached hydrogens (tertiary/aromatic N) is 2. The second-order valence-corrected chi connectivity index (χ2v) is 19.9. The van der Waals surface area contributed by atoms with Gasteiger partial charge in [0.1, 0.15) is 102 Å². The van der Waals surface area contributed by atoms with Gasteiger partial charge in [-0.05, 0) is 70.8 Å². The van der Waals surface area contributed by atoms with Crippen LogP contribution in [-0.4, -0.2) is 111 Å². The summed E-state index contributed by atoms with van der Waals surface area (Å²) in [4.78, 5) is 0. The van der Waals surface area contributed by atoms with E-state index in [9.17, 15) is 0 Å². The van der Waals surface area contributed by atoms with Crippen LogP contribution >= 0.6 is 11.3 Å². The van der Waals surface area contributed by atoms with Gasteiger partial charge in [-0.25, -0.2) is 0 Å². The van der Waals surface area contributed by atoms with E-state index < -0.39 is 0 Å². The van der Waals surface area contributed by atoms with Crippen LogP contribution in [0.4, 0.5) is 0 Å². The molecule has 8 aromatic carbocycles. The van der Waals surface area contributed by atoms with E-state index in [1.807, 2.05) is 11.3 Å². The van der Waals surface area contributed by atoms with Crippen LogP contribution in [0.25, 0.3) is 97.4 Å². The van der Waals surface area contributed by atoms with Gasteiger partial charge in [-0.1, -0.05) is 98.3 Å². The van der Waals surface area contributed by atoms with Gasteiger partial charge in [0.05, 0.1) is 22.2 Å². The van der Waals surface area contributed by atoms with Gasteiger partial charge >= 0.3 is 0 Å². The third-order valence-corrected chi connectivity index (χ3v) is 17.2. The largest absolute Gasteiger partial charge is 0.310 e. The average molecular weight is 821 g/mol. The van der Waals surface area contributed by atoms with Crippen molar-refractivity contribution in [1.29, 1.82) is 0 Å². The summed E-state index contributed by atoms with van der Waals surface area (Å²) in [6.07, 6.45) is 0. The molecule has 290 valence electrons. The molecule has 2 nitrogen and oxygen atoms in total. The number of benzene rings is 8. The summed E-state index contributed by atoms with van der Waals surface area (Å²) in [7, 11) is 30.1. The number of hydrogen-bond donors (Lipinski definition) is 0. The molecule has 64 heavy (non-hydrogen) atoms. The molecule has 16 heteroatoms. The minimum atomic E-state index is 1.19. The zero-order chi connectivity index (χ0) is 44.8. The van der Waals surface area contributed by atoms with E-state index in [1.54, 1.807) is 0 Å². The van der Waals surface area contributed by atoms with Crippen LogP contribution in [0, 0.1) is 0 Å². The normalized spacial score (nSPS) is 11.9. The fourth-order valence-electron chi connectivity index (χ4n) is 11.7. The predicted molar refractivity (Wildman–Crippen MR) is 325 cm³/mol. The quantitative estimate of drug-likeness (QED) is 0.157. The Bertz CT molecular complexity index is 3870. The van der Waals surface area contributed by atoms with Crippen molar-refractivity contribution in [2.24, 2.45) is 0 Å². The van der Waals surface area contributed by atoms with Crippen LogP contribution in [0.2, 0.25) is 0 Å². The first-order valence-corrected chi connectivity index (χ1v) is 23.7. The van der Waals surface area contributed by atoms with E-state index in [1.165, 1.54) is 168 Å². The number of thiophene rings is 1. The van der Waals surface area contributed by atoms with Crippen molar-refractivity contribution in [1.82, 2.24) is 9.13 Å². The lowest BCUT2D eigenvalue weighted by molar-refractivity contribution is 1.18. The van der Waals surface area contributed by atoms with Gasteiger partial charge in [0.25, 0.3) is 0 Å². The van der Waals surface area contributed by atoms with Gasteiger partial charge in [0, 0.05) is 52.9 Å². The fraction of sp³-hybridized carbons (Fsp3) is 0. The molecular formula is C48H43B13N2S. The van der Waals surface area contributed by atoms with E-state index in [0.29, 0.717) is 0 Å². The highest BCUT2D eigenvalue weighted by molar-refractivity contribution is 7.26. The van der Waals surface area contributed by atoms with Crippen LogP contribution < -0.4 is 71.0 Å². The number of hydrogen-bond acceptors (Lipinski definition) is 1. The van der Waals surface area contributed by atoms with Crippen molar-refractivity contribution in [3.05, 3.63) is 103 Å². The second kappa shape index (κ2) is 14.7. The van der Waals surface area contributed by atoms with E-state index in [-0.39, 0.29) is 0 Å². The lowest BCUT2D eigenvalue weighted by Crippen LogP contribution is -2.57. The summed E-state index contributed by atoms with van der Waals surface area (Å²) in [5, 5.41) is 7.80. The molecule has 0 atom stereocenters. The molecule has 0 bridgehead atoms. The molecule has 0 N–H and O–H groups in total.